The molecule has 78 valence electrons. The molecule has 1 unspecified atom stereocenters. The summed E-state index contributed by atoms with van der Waals surface area (Å²) in [6.45, 7) is 1.50. The molecule has 13 heavy (non-hydrogen) atoms. The lowest BCUT2D eigenvalue weighted by atomic mass is 10.2. The van der Waals surface area contributed by atoms with Gasteiger partial charge < -0.3 is 0 Å². The van der Waals surface area contributed by atoms with Gasteiger partial charge in [-0.15, -0.1) is 0 Å². The van der Waals surface area contributed by atoms with Gasteiger partial charge in [0.2, 0.25) is 15.9 Å². The zero-order chi connectivity index (χ0) is 10.6. The molecule has 1 atom stereocenters. The van der Waals surface area contributed by atoms with E-state index in [1.807, 2.05) is 5.43 Å². The summed E-state index contributed by atoms with van der Waals surface area (Å²) < 4.78 is 23.6. The van der Waals surface area contributed by atoms with Gasteiger partial charge in [0.15, 0.2) is 0 Å². The first-order chi connectivity index (χ1) is 5.81. The molecule has 0 spiro atoms. The van der Waals surface area contributed by atoms with Crippen molar-refractivity contribution in [2.24, 2.45) is 11.8 Å². The van der Waals surface area contributed by atoms with Crippen LogP contribution in [0.3, 0.4) is 0 Å². The maximum atomic E-state index is 11.3. The summed E-state index contributed by atoms with van der Waals surface area (Å²) in [6.07, 6.45) is 0. The second kappa shape index (κ2) is 4.54. The first kappa shape index (κ1) is 12.3. The summed E-state index contributed by atoms with van der Waals surface area (Å²) in [5, 5.41) is 0. The number of nitrogens with two attached hydrogens (primary N) is 1. The molecule has 7 heteroatoms. The molecule has 0 heterocycles. The van der Waals surface area contributed by atoms with Crippen LogP contribution in [0.4, 0.5) is 0 Å². The number of nitrogens with one attached hydrogen (secondary N) is 1. The quantitative estimate of drug-likeness (QED) is 0.335. The van der Waals surface area contributed by atoms with Crippen molar-refractivity contribution < 1.29 is 13.2 Å². The second-order valence-electron chi connectivity index (χ2n) is 2.97. The minimum absolute atomic E-state index is 0.233. The number of hydrazine groups is 1. The molecule has 0 aromatic rings. The van der Waals surface area contributed by atoms with Crippen molar-refractivity contribution in [1.82, 2.24) is 9.73 Å². The van der Waals surface area contributed by atoms with Crippen molar-refractivity contribution in [2.75, 3.05) is 19.8 Å². The Hall–Kier alpha value is -0.660. The van der Waals surface area contributed by atoms with E-state index in [2.05, 4.69) is 0 Å². The lowest BCUT2D eigenvalue weighted by Crippen LogP contribution is -2.39. The van der Waals surface area contributed by atoms with Crippen LogP contribution in [0.1, 0.15) is 6.92 Å². The second-order valence-corrected chi connectivity index (χ2v) is 5.20. The van der Waals surface area contributed by atoms with E-state index in [9.17, 15) is 13.2 Å². The summed E-state index contributed by atoms with van der Waals surface area (Å²) in [5.41, 5.74) is 1.90. The van der Waals surface area contributed by atoms with Crippen LogP contribution in [0.25, 0.3) is 0 Å². The Kier molecular flexibility index (Phi) is 4.31. The van der Waals surface area contributed by atoms with E-state index >= 15 is 0 Å². The molecule has 0 aliphatic carbocycles. The van der Waals surface area contributed by atoms with Crippen LogP contribution in [0, 0.1) is 5.92 Å². The van der Waals surface area contributed by atoms with Crippen molar-refractivity contribution in [2.45, 2.75) is 6.92 Å². The highest BCUT2D eigenvalue weighted by molar-refractivity contribution is 7.89. The minimum atomic E-state index is -3.34. The Morgan fingerprint density at radius 2 is 2.00 bits per heavy atom. The molecule has 0 bridgehead atoms. The summed E-state index contributed by atoms with van der Waals surface area (Å²) in [7, 11) is -0.497. The van der Waals surface area contributed by atoms with Gasteiger partial charge in [-0.05, 0) is 0 Å². The molecule has 0 fully saturated rings. The zero-order valence-electron chi connectivity index (χ0n) is 7.94. The maximum absolute atomic E-state index is 11.3. The maximum Gasteiger partial charge on any atom is 0.237 e. The lowest BCUT2D eigenvalue weighted by molar-refractivity contribution is -0.123. The van der Waals surface area contributed by atoms with Gasteiger partial charge in [-0.25, -0.2) is 18.6 Å². The van der Waals surface area contributed by atoms with E-state index in [0.29, 0.717) is 0 Å². The van der Waals surface area contributed by atoms with E-state index < -0.39 is 21.8 Å². The highest BCUT2D eigenvalue weighted by Gasteiger charge is 2.22. The SMILES string of the molecule is CC(CS(=O)(=O)N(C)C)C(=O)NN. The Balaban J connectivity index is 4.38. The van der Waals surface area contributed by atoms with E-state index in [0.717, 1.165) is 4.31 Å². The van der Waals surface area contributed by atoms with E-state index in [4.69, 9.17) is 5.84 Å². The molecule has 3 N–H and O–H groups in total. The Morgan fingerprint density at radius 3 is 2.31 bits per heavy atom. The first-order valence-electron chi connectivity index (χ1n) is 3.72. The smallest absolute Gasteiger partial charge is 0.237 e. The number of hydrogen-bond acceptors (Lipinski definition) is 4. The number of carbonyl (C=O) groups is 1. The molecule has 0 aromatic heterocycles. The molecule has 0 saturated carbocycles. The fourth-order valence-corrected chi connectivity index (χ4v) is 1.76. The molecule has 0 saturated heterocycles. The standard InChI is InChI=1S/C6H15N3O3S/c1-5(6(10)8-7)4-13(11,12)9(2)3/h5H,4,7H2,1-3H3,(H,8,10). The molecule has 0 aliphatic rings. The van der Waals surface area contributed by atoms with Crippen molar-refractivity contribution in [3.05, 3.63) is 0 Å². The third-order valence-corrected chi connectivity index (χ3v) is 3.64. The van der Waals surface area contributed by atoms with Crippen LogP contribution in [0.2, 0.25) is 0 Å². The average molecular weight is 209 g/mol. The van der Waals surface area contributed by atoms with E-state index in [1.165, 1.54) is 21.0 Å². The Bertz CT molecular complexity index is 273. The molecular formula is C6H15N3O3S. The van der Waals surface area contributed by atoms with E-state index in [1.54, 1.807) is 0 Å². The molecular weight excluding hydrogens is 194 g/mol. The number of carbonyl (C=O) groups excluding carboxylic acids is 1. The van der Waals surface area contributed by atoms with Gasteiger partial charge in [0.25, 0.3) is 0 Å². The zero-order valence-corrected chi connectivity index (χ0v) is 8.76. The predicted octanol–water partition coefficient (Wildman–Crippen LogP) is -1.50. The van der Waals surface area contributed by atoms with Crippen LogP contribution in [0.5, 0.6) is 0 Å². The summed E-state index contributed by atoms with van der Waals surface area (Å²) in [5.74, 6) is 3.50. The number of rotatable bonds is 4. The average Bonchev–Trinajstić information content (AvgIpc) is 2.01. The first-order valence-corrected chi connectivity index (χ1v) is 5.33. The van der Waals surface area contributed by atoms with Crippen molar-refractivity contribution >= 4 is 15.9 Å². The van der Waals surface area contributed by atoms with Crippen LogP contribution in [-0.2, 0) is 14.8 Å². The third-order valence-electron chi connectivity index (χ3n) is 1.61. The molecule has 0 rings (SSSR count). The van der Waals surface area contributed by atoms with Gasteiger partial charge in [-0.2, -0.15) is 0 Å². The highest BCUT2D eigenvalue weighted by Crippen LogP contribution is 2.03. The molecule has 0 aliphatic heterocycles. The van der Waals surface area contributed by atoms with Gasteiger partial charge in [0, 0.05) is 14.1 Å². The van der Waals surface area contributed by atoms with Gasteiger partial charge in [-0.3, -0.25) is 10.2 Å². The number of sulfonamides is 1. The Labute approximate surface area is 78.1 Å². The topological polar surface area (TPSA) is 92.5 Å². The van der Waals surface area contributed by atoms with Crippen LogP contribution < -0.4 is 11.3 Å². The van der Waals surface area contributed by atoms with Crippen LogP contribution in [0.15, 0.2) is 0 Å². The van der Waals surface area contributed by atoms with Crippen molar-refractivity contribution in [3.63, 3.8) is 0 Å². The molecule has 0 aromatic carbocycles. The fraction of sp³-hybridized carbons (Fsp3) is 0.833. The van der Waals surface area contributed by atoms with Crippen LogP contribution in [-0.4, -0.2) is 38.5 Å². The number of amides is 1. The fourth-order valence-electron chi connectivity index (χ4n) is 0.683. The van der Waals surface area contributed by atoms with Crippen molar-refractivity contribution in [3.8, 4) is 0 Å². The Morgan fingerprint density at radius 1 is 1.54 bits per heavy atom. The van der Waals surface area contributed by atoms with Gasteiger partial charge in [0.05, 0.1) is 11.7 Å². The van der Waals surface area contributed by atoms with Gasteiger partial charge in [0.1, 0.15) is 0 Å². The lowest BCUT2D eigenvalue weighted by Gasteiger charge is -2.14. The third kappa shape index (κ3) is 3.71. The molecule has 0 radical (unpaired) electrons. The highest BCUT2D eigenvalue weighted by atomic mass is 32.2. The van der Waals surface area contributed by atoms with Crippen molar-refractivity contribution in [1.29, 1.82) is 0 Å². The van der Waals surface area contributed by atoms with Gasteiger partial charge >= 0.3 is 0 Å². The van der Waals surface area contributed by atoms with E-state index in [-0.39, 0.29) is 5.75 Å². The molecule has 1 amide bonds. The normalized spacial score (nSPS) is 14.2. The monoisotopic (exact) mass is 209 g/mol. The predicted molar refractivity (Wildman–Crippen MR) is 49.0 cm³/mol. The van der Waals surface area contributed by atoms with Gasteiger partial charge in [-0.1, -0.05) is 6.92 Å². The molecule has 6 nitrogen and oxygen atoms in total. The van der Waals surface area contributed by atoms with Crippen LogP contribution >= 0.6 is 0 Å². The summed E-state index contributed by atoms with van der Waals surface area (Å²) in [4.78, 5) is 10.9. The summed E-state index contributed by atoms with van der Waals surface area (Å²) in [6, 6.07) is 0. The number of hydrogen-bond donors (Lipinski definition) is 2. The minimum Gasteiger partial charge on any atom is -0.294 e. The summed E-state index contributed by atoms with van der Waals surface area (Å²) >= 11 is 0. The largest absolute Gasteiger partial charge is 0.294 e. The number of nitrogens with zero attached hydrogens (tertiary/aromatic N) is 1.